The molecule has 166 valence electrons. The monoisotopic (exact) mass is 431 g/mol. The quantitative estimate of drug-likeness (QED) is 0.460. The Labute approximate surface area is 189 Å². The van der Waals surface area contributed by atoms with Gasteiger partial charge in [-0.25, -0.2) is 0 Å². The van der Waals surface area contributed by atoms with Crippen molar-refractivity contribution >= 4 is 16.6 Å². The Hall–Kier alpha value is -3.14. The number of rotatable bonds is 9. The minimum atomic E-state index is 0.255. The van der Waals surface area contributed by atoms with E-state index in [9.17, 15) is 0 Å². The summed E-state index contributed by atoms with van der Waals surface area (Å²) in [7, 11) is 1.72. The first kappa shape index (κ1) is 22.1. The molecule has 0 bridgehead atoms. The van der Waals surface area contributed by atoms with Gasteiger partial charge in [-0.1, -0.05) is 12.1 Å². The van der Waals surface area contributed by atoms with E-state index in [1.165, 1.54) is 5.69 Å². The Morgan fingerprint density at radius 1 is 1.12 bits per heavy atom. The molecule has 32 heavy (non-hydrogen) atoms. The normalized spacial score (nSPS) is 15.8. The fraction of sp³-hybridized carbons (Fsp3) is 0.385. The molecule has 3 aromatic rings. The highest BCUT2D eigenvalue weighted by atomic mass is 16.5. The van der Waals surface area contributed by atoms with E-state index in [0.717, 1.165) is 67.1 Å². The summed E-state index contributed by atoms with van der Waals surface area (Å²) in [4.78, 5) is 7.15. The van der Waals surface area contributed by atoms with Crippen LogP contribution >= 0.6 is 0 Å². The number of fused-ring (bicyclic) bond motifs is 1. The number of anilines is 1. The van der Waals surface area contributed by atoms with Gasteiger partial charge in [0.25, 0.3) is 0 Å². The molecule has 0 saturated carbocycles. The SMILES string of the molecule is COCCCO[C@H]1CCN(c2cc(C)nc3cc(OCc4ccc(C#N)cc4)ccc23)C1. The lowest BCUT2D eigenvalue weighted by Crippen LogP contribution is -2.23. The predicted octanol–water partition coefficient (Wildman–Crippen LogP) is 4.63. The van der Waals surface area contributed by atoms with Gasteiger partial charge >= 0.3 is 0 Å². The Kier molecular flexibility index (Phi) is 7.21. The van der Waals surface area contributed by atoms with Crippen molar-refractivity contribution in [3.8, 4) is 11.8 Å². The lowest BCUT2D eigenvalue weighted by molar-refractivity contribution is 0.0523. The van der Waals surface area contributed by atoms with Crippen LogP contribution < -0.4 is 9.64 Å². The molecule has 1 atom stereocenters. The Bertz CT molecular complexity index is 1090. The topological polar surface area (TPSA) is 67.6 Å². The van der Waals surface area contributed by atoms with Gasteiger partial charge in [-0.05, 0) is 55.7 Å². The minimum Gasteiger partial charge on any atom is -0.489 e. The predicted molar refractivity (Wildman–Crippen MR) is 125 cm³/mol. The lowest BCUT2D eigenvalue weighted by atomic mass is 10.1. The summed E-state index contributed by atoms with van der Waals surface area (Å²) in [6.07, 6.45) is 2.21. The highest BCUT2D eigenvalue weighted by molar-refractivity contribution is 5.93. The molecule has 2 heterocycles. The zero-order valence-electron chi connectivity index (χ0n) is 18.7. The molecule has 1 aromatic heterocycles. The Morgan fingerprint density at radius 3 is 2.75 bits per heavy atom. The van der Waals surface area contributed by atoms with Gasteiger partial charge in [-0.15, -0.1) is 0 Å². The van der Waals surface area contributed by atoms with E-state index in [4.69, 9.17) is 24.5 Å². The maximum Gasteiger partial charge on any atom is 0.122 e. The summed E-state index contributed by atoms with van der Waals surface area (Å²) >= 11 is 0. The summed E-state index contributed by atoms with van der Waals surface area (Å²) in [6.45, 7) is 5.82. The van der Waals surface area contributed by atoms with Crippen LogP contribution in [0.3, 0.4) is 0 Å². The highest BCUT2D eigenvalue weighted by Gasteiger charge is 2.25. The molecule has 4 rings (SSSR count). The average molecular weight is 432 g/mol. The molecular formula is C26H29N3O3. The third-order valence-electron chi connectivity index (χ3n) is 5.71. The van der Waals surface area contributed by atoms with Gasteiger partial charge in [-0.3, -0.25) is 4.98 Å². The van der Waals surface area contributed by atoms with Gasteiger partial charge in [-0.2, -0.15) is 5.26 Å². The number of aryl methyl sites for hydroxylation is 1. The first-order chi connectivity index (χ1) is 15.7. The summed E-state index contributed by atoms with van der Waals surface area (Å²) in [5, 5.41) is 10.1. The average Bonchev–Trinajstić information content (AvgIpc) is 3.29. The van der Waals surface area contributed by atoms with Crippen LogP contribution in [0.2, 0.25) is 0 Å². The van der Waals surface area contributed by atoms with Crippen LogP contribution in [-0.4, -0.2) is 44.5 Å². The molecule has 0 unspecified atom stereocenters. The van der Waals surface area contributed by atoms with E-state index in [2.05, 4.69) is 23.1 Å². The van der Waals surface area contributed by atoms with Crippen molar-refractivity contribution in [2.45, 2.75) is 32.5 Å². The first-order valence-electron chi connectivity index (χ1n) is 11.0. The second-order valence-corrected chi connectivity index (χ2v) is 8.13. The maximum atomic E-state index is 8.93. The summed E-state index contributed by atoms with van der Waals surface area (Å²) in [5.41, 5.74) is 4.80. The van der Waals surface area contributed by atoms with Gasteiger partial charge in [0.05, 0.1) is 23.3 Å². The molecule has 0 spiro atoms. The number of pyridine rings is 1. The van der Waals surface area contributed by atoms with Crippen molar-refractivity contribution in [3.05, 3.63) is 65.4 Å². The Balaban J connectivity index is 1.45. The van der Waals surface area contributed by atoms with Gasteiger partial charge in [0, 0.05) is 56.2 Å². The zero-order chi connectivity index (χ0) is 22.3. The van der Waals surface area contributed by atoms with Gasteiger partial charge in [0.2, 0.25) is 0 Å². The van der Waals surface area contributed by atoms with Crippen molar-refractivity contribution in [1.29, 1.82) is 5.26 Å². The van der Waals surface area contributed by atoms with Crippen LogP contribution in [0, 0.1) is 18.3 Å². The molecule has 1 fully saturated rings. The maximum absolute atomic E-state index is 8.93. The van der Waals surface area contributed by atoms with Crippen molar-refractivity contribution in [3.63, 3.8) is 0 Å². The second-order valence-electron chi connectivity index (χ2n) is 8.13. The minimum absolute atomic E-state index is 0.255. The van der Waals surface area contributed by atoms with Crippen molar-refractivity contribution in [2.75, 3.05) is 38.3 Å². The number of nitrogens with zero attached hydrogens (tertiary/aromatic N) is 3. The third kappa shape index (κ3) is 5.37. The highest BCUT2D eigenvalue weighted by Crippen LogP contribution is 2.32. The molecule has 6 nitrogen and oxygen atoms in total. The Morgan fingerprint density at radius 2 is 1.97 bits per heavy atom. The van der Waals surface area contributed by atoms with Crippen LogP contribution in [0.25, 0.3) is 10.9 Å². The summed E-state index contributed by atoms with van der Waals surface area (Å²) in [5.74, 6) is 0.784. The van der Waals surface area contributed by atoms with E-state index >= 15 is 0 Å². The molecule has 0 aliphatic carbocycles. The van der Waals surface area contributed by atoms with Crippen LogP contribution in [-0.2, 0) is 16.1 Å². The fourth-order valence-electron chi connectivity index (χ4n) is 4.05. The number of nitriles is 1. The molecular weight excluding hydrogens is 402 g/mol. The molecule has 0 N–H and O–H groups in total. The molecule has 0 amide bonds. The van der Waals surface area contributed by atoms with E-state index in [1.54, 1.807) is 19.2 Å². The number of aromatic nitrogens is 1. The summed E-state index contributed by atoms with van der Waals surface area (Å²) < 4.78 is 17.1. The van der Waals surface area contributed by atoms with E-state index in [0.29, 0.717) is 12.2 Å². The van der Waals surface area contributed by atoms with E-state index in [1.807, 2.05) is 31.2 Å². The number of hydrogen-bond acceptors (Lipinski definition) is 6. The van der Waals surface area contributed by atoms with E-state index < -0.39 is 0 Å². The van der Waals surface area contributed by atoms with Crippen LogP contribution in [0.5, 0.6) is 5.75 Å². The number of hydrogen-bond donors (Lipinski definition) is 0. The molecule has 6 heteroatoms. The third-order valence-corrected chi connectivity index (χ3v) is 5.71. The van der Waals surface area contributed by atoms with Gasteiger partial charge in [0.1, 0.15) is 12.4 Å². The van der Waals surface area contributed by atoms with E-state index in [-0.39, 0.29) is 6.10 Å². The largest absolute Gasteiger partial charge is 0.489 e. The molecule has 1 aliphatic rings. The molecule has 1 saturated heterocycles. The molecule has 2 aromatic carbocycles. The number of ether oxygens (including phenoxy) is 3. The van der Waals surface area contributed by atoms with Crippen LogP contribution in [0.1, 0.15) is 29.7 Å². The number of benzene rings is 2. The van der Waals surface area contributed by atoms with Crippen molar-refractivity contribution in [2.24, 2.45) is 0 Å². The fourth-order valence-corrected chi connectivity index (χ4v) is 4.05. The number of methoxy groups -OCH3 is 1. The molecule has 0 radical (unpaired) electrons. The lowest BCUT2D eigenvalue weighted by Gasteiger charge is -2.21. The van der Waals surface area contributed by atoms with Crippen LogP contribution in [0.15, 0.2) is 48.5 Å². The molecule has 1 aliphatic heterocycles. The standard InChI is InChI=1S/C26H29N3O3/c1-19-14-26(29-11-10-23(17-29)31-13-3-12-30-2)24-9-8-22(15-25(24)28-19)32-18-21-6-4-20(16-27)5-7-21/h4-9,14-15,23H,3,10-13,17-18H2,1-2H3/t23-/m0/s1. The summed E-state index contributed by atoms with van der Waals surface area (Å²) in [6, 6.07) is 17.8. The van der Waals surface area contributed by atoms with Gasteiger partial charge in [0.15, 0.2) is 0 Å². The van der Waals surface area contributed by atoms with Crippen LogP contribution in [0.4, 0.5) is 5.69 Å². The van der Waals surface area contributed by atoms with Crippen molar-refractivity contribution in [1.82, 2.24) is 4.98 Å². The second kappa shape index (κ2) is 10.4. The smallest absolute Gasteiger partial charge is 0.122 e. The van der Waals surface area contributed by atoms with Crippen molar-refractivity contribution < 1.29 is 14.2 Å². The zero-order valence-corrected chi connectivity index (χ0v) is 18.7. The van der Waals surface area contributed by atoms with Gasteiger partial charge < -0.3 is 19.1 Å². The first-order valence-corrected chi connectivity index (χ1v) is 11.0.